The van der Waals surface area contributed by atoms with Gasteiger partial charge in [-0.05, 0) is 13.8 Å². The quantitative estimate of drug-likeness (QED) is 0.492. The molecule has 0 spiro atoms. The molecule has 0 aromatic carbocycles. The van der Waals surface area contributed by atoms with Crippen LogP contribution < -0.4 is 0 Å². The van der Waals surface area contributed by atoms with Crippen molar-refractivity contribution in [2.75, 3.05) is 6.61 Å². The Morgan fingerprint density at radius 1 is 1.78 bits per heavy atom. The molecule has 0 aliphatic heterocycles. The van der Waals surface area contributed by atoms with Crippen molar-refractivity contribution in [3.63, 3.8) is 0 Å². The van der Waals surface area contributed by atoms with Gasteiger partial charge in [0.05, 0.1) is 6.10 Å². The fourth-order valence-corrected chi connectivity index (χ4v) is 0.949. The third kappa shape index (κ3) is 3.71. The Morgan fingerprint density at radius 2 is 2.33 bits per heavy atom. The Bertz CT molecular complexity index is 81.0. The number of halogens is 1. The van der Waals surface area contributed by atoms with Gasteiger partial charge in [0.2, 0.25) is 0 Å². The summed E-state index contributed by atoms with van der Waals surface area (Å²) in [6.45, 7) is 8.41. The molecule has 0 bridgehead atoms. The van der Waals surface area contributed by atoms with Gasteiger partial charge >= 0.3 is 0 Å². The van der Waals surface area contributed by atoms with E-state index in [1.807, 2.05) is 19.9 Å². The first-order valence-corrected chi connectivity index (χ1v) is 4.02. The Kier molecular flexibility index (Phi) is 5.10. The highest BCUT2D eigenvalue weighted by atomic mass is 79.9. The minimum atomic E-state index is 0.148. The molecule has 2 atom stereocenters. The van der Waals surface area contributed by atoms with Crippen LogP contribution in [0.5, 0.6) is 0 Å². The Labute approximate surface area is 65.2 Å². The summed E-state index contributed by atoms with van der Waals surface area (Å²) < 4.78 is 5.29. The molecule has 2 heteroatoms. The molecule has 0 aliphatic rings. The van der Waals surface area contributed by atoms with Crippen LogP contribution in [0.4, 0.5) is 0 Å². The summed E-state index contributed by atoms with van der Waals surface area (Å²) in [5.41, 5.74) is 0. The van der Waals surface area contributed by atoms with Crippen molar-refractivity contribution in [1.29, 1.82) is 0 Å². The zero-order chi connectivity index (χ0) is 7.28. The number of ether oxygens (including phenoxy) is 1. The zero-order valence-corrected chi connectivity index (χ0v) is 7.52. The van der Waals surface area contributed by atoms with Crippen molar-refractivity contribution >= 4 is 15.9 Å². The number of rotatable bonds is 4. The molecule has 54 valence electrons. The maximum atomic E-state index is 5.29. The summed E-state index contributed by atoms with van der Waals surface area (Å²) in [6, 6.07) is 0. The molecule has 0 fully saturated rings. The highest BCUT2D eigenvalue weighted by molar-refractivity contribution is 9.09. The predicted octanol–water partition coefficient (Wildman–Crippen LogP) is 2.36. The zero-order valence-electron chi connectivity index (χ0n) is 5.93. The maximum Gasteiger partial charge on any atom is 0.0875 e. The molecule has 0 aromatic heterocycles. The third-order valence-electron chi connectivity index (χ3n) is 1.04. The van der Waals surface area contributed by atoms with E-state index >= 15 is 0 Å². The van der Waals surface area contributed by atoms with E-state index in [1.165, 1.54) is 0 Å². The maximum absolute atomic E-state index is 5.29. The molecule has 0 saturated heterocycles. The largest absolute Gasteiger partial charge is 0.373 e. The van der Waals surface area contributed by atoms with Crippen LogP contribution in [0.2, 0.25) is 0 Å². The summed E-state index contributed by atoms with van der Waals surface area (Å²) in [4.78, 5) is 0.356. The van der Waals surface area contributed by atoms with Gasteiger partial charge < -0.3 is 4.74 Å². The SMILES string of the molecule is C=CC(OCC)C(C)Br. The van der Waals surface area contributed by atoms with Crippen molar-refractivity contribution in [3.8, 4) is 0 Å². The van der Waals surface area contributed by atoms with Crippen molar-refractivity contribution in [1.82, 2.24) is 0 Å². The fourth-order valence-electron chi connectivity index (χ4n) is 0.581. The van der Waals surface area contributed by atoms with Gasteiger partial charge in [-0.25, -0.2) is 0 Å². The summed E-state index contributed by atoms with van der Waals surface area (Å²) in [5, 5.41) is 0. The Morgan fingerprint density at radius 3 is 2.44 bits per heavy atom. The van der Waals surface area contributed by atoms with Crippen LogP contribution in [-0.4, -0.2) is 17.5 Å². The van der Waals surface area contributed by atoms with Crippen molar-refractivity contribution in [3.05, 3.63) is 12.7 Å². The molecule has 0 heterocycles. The Hall–Kier alpha value is 0.180. The van der Waals surface area contributed by atoms with Gasteiger partial charge in [-0.1, -0.05) is 22.0 Å². The highest BCUT2D eigenvalue weighted by Crippen LogP contribution is 2.08. The average Bonchev–Trinajstić information content (AvgIpc) is 1.82. The molecule has 2 unspecified atom stereocenters. The lowest BCUT2D eigenvalue weighted by Crippen LogP contribution is -2.18. The first-order valence-electron chi connectivity index (χ1n) is 3.10. The lowest BCUT2D eigenvalue weighted by atomic mass is 10.3. The van der Waals surface area contributed by atoms with Crippen molar-refractivity contribution < 1.29 is 4.74 Å². The number of hydrogen-bond donors (Lipinski definition) is 0. The van der Waals surface area contributed by atoms with Crippen LogP contribution in [-0.2, 0) is 4.74 Å². The Balaban J connectivity index is 3.54. The van der Waals surface area contributed by atoms with Crippen LogP contribution in [0.3, 0.4) is 0 Å². The van der Waals surface area contributed by atoms with E-state index in [2.05, 4.69) is 22.5 Å². The molecule has 0 radical (unpaired) electrons. The molecule has 0 aromatic rings. The topological polar surface area (TPSA) is 9.23 Å². The van der Waals surface area contributed by atoms with E-state index in [-0.39, 0.29) is 6.10 Å². The van der Waals surface area contributed by atoms with E-state index in [0.717, 1.165) is 6.61 Å². The number of alkyl halides is 1. The molecule has 1 nitrogen and oxygen atoms in total. The van der Waals surface area contributed by atoms with Crippen LogP contribution in [0.1, 0.15) is 13.8 Å². The lowest BCUT2D eigenvalue weighted by Gasteiger charge is -2.13. The third-order valence-corrected chi connectivity index (χ3v) is 1.57. The molecule has 0 N–H and O–H groups in total. The van der Waals surface area contributed by atoms with Gasteiger partial charge in [0, 0.05) is 11.4 Å². The van der Waals surface area contributed by atoms with Crippen molar-refractivity contribution in [2.24, 2.45) is 0 Å². The average molecular weight is 193 g/mol. The second kappa shape index (κ2) is 5.00. The van der Waals surface area contributed by atoms with Gasteiger partial charge in [0.15, 0.2) is 0 Å². The normalized spacial score (nSPS) is 16.8. The molecule has 0 aliphatic carbocycles. The second-order valence-electron chi connectivity index (χ2n) is 1.83. The smallest absolute Gasteiger partial charge is 0.0875 e. The first kappa shape index (κ1) is 9.18. The monoisotopic (exact) mass is 192 g/mol. The summed E-state index contributed by atoms with van der Waals surface area (Å²) in [6.07, 6.45) is 1.96. The first-order chi connectivity index (χ1) is 4.22. The summed E-state index contributed by atoms with van der Waals surface area (Å²) in [5.74, 6) is 0. The van der Waals surface area contributed by atoms with E-state index in [0.29, 0.717) is 4.83 Å². The van der Waals surface area contributed by atoms with Crippen molar-refractivity contribution in [2.45, 2.75) is 24.8 Å². The van der Waals surface area contributed by atoms with E-state index in [1.54, 1.807) is 0 Å². The van der Waals surface area contributed by atoms with Crippen LogP contribution in [0.15, 0.2) is 12.7 Å². The summed E-state index contributed by atoms with van der Waals surface area (Å²) in [7, 11) is 0. The molecule has 9 heavy (non-hydrogen) atoms. The van der Waals surface area contributed by atoms with E-state index in [9.17, 15) is 0 Å². The van der Waals surface area contributed by atoms with Gasteiger partial charge in [0.25, 0.3) is 0 Å². The minimum absolute atomic E-state index is 0.148. The molecular weight excluding hydrogens is 180 g/mol. The molecule has 0 rings (SSSR count). The lowest BCUT2D eigenvalue weighted by molar-refractivity contribution is 0.0990. The minimum Gasteiger partial charge on any atom is -0.373 e. The van der Waals surface area contributed by atoms with E-state index < -0.39 is 0 Å². The second-order valence-corrected chi connectivity index (χ2v) is 3.28. The van der Waals surface area contributed by atoms with Gasteiger partial charge in [0.1, 0.15) is 0 Å². The summed E-state index contributed by atoms with van der Waals surface area (Å²) >= 11 is 3.41. The molecule has 0 amide bonds. The van der Waals surface area contributed by atoms with E-state index in [4.69, 9.17) is 4.74 Å². The number of hydrogen-bond acceptors (Lipinski definition) is 1. The highest BCUT2D eigenvalue weighted by Gasteiger charge is 2.08. The van der Waals surface area contributed by atoms with Crippen LogP contribution >= 0.6 is 15.9 Å². The fraction of sp³-hybridized carbons (Fsp3) is 0.714. The predicted molar refractivity (Wildman–Crippen MR) is 44.0 cm³/mol. The van der Waals surface area contributed by atoms with Gasteiger partial charge in [-0.15, -0.1) is 6.58 Å². The van der Waals surface area contributed by atoms with Crippen LogP contribution in [0, 0.1) is 0 Å². The van der Waals surface area contributed by atoms with Gasteiger partial charge in [-0.2, -0.15) is 0 Å². The standard InChI is InChI=1S/C7H13BrO/c1-4-7(6(3)8)9-5-2/h4,6-7H,1,5H2,2-3H3. The molecular formula is C7H13BrO. The van der Waals surface area contributed by atoms with Crippen LogP contribution in [0.25, 0.3) is 0 Å². The van der Waals surface area contributed by atoms with Gasteiger partial charge in [-0.3, -0.25) is 0 Å². The molecule has 0 saturated carbocycles.